The molecule has 1 atom stereocenters. The van der Waals surface area contributed by atoms with Gasteiger partial charge in [0, 0.05) is 25.3 Å². The molecule has 0 fully saturated rings. The lowest BCUT2D eigenvalue weighted by atomic mass is 10.1. The number of nitrogens with one attached hydrogen (secondary N) is 1. The third-order valence-corrected chi connectivity index (χ3v) is 5.34. The molecular formula is C19H22N6OS. The van der Waals surface area contributed by atoms with Crippen molar-refractivity contribution in [1.29, 1.82) is 0 Å². The summed E-state index contributed by atoms with van der Waals surface area (Å²) in [4.78, 5) is 13.6. The summed E-state index contributed by atoms with van der Waals surface area (Å²) < 4.78 is 7.09. The first-order chi connectivity index (χ1) is 13.3. The number of thioether (sulfide) groups is 1. The Hall–Kier alpha value is -2.45. The van der Waals surface area contributed by atoms with Gasteiger partial charge < -0.3 is 10.1 Å². The summed E-state index contributed by atoms with van der Waals surface area (Å²) in [6.45, 7) is 1.22. The van der Waals surface area contributed by atoms with E-state index in [1.165, 1.54) is 5.56 Å². The van der Waals surface area contributed by atoms with Crippen LogP contribution in [-0.2, 0) is 30.1 Å². The zero-order valence-corrected chi connectivity index (χ0v) is 16.0. The second kappa shape index (κ2) is 8.49. The van der Waals surface area contributed by atoms with E-state index in [-0.39, 0.29) is 6.04 Å². The van der Waals surface area contributed by atoms with Crippen LogP contribution in [0.4, 0.5) is 5.82 Å². The quantitative estimate of drug-likeness (QED) is 0.630. The molecule has 1 aromatic carbocycles. The second-order valence-electron chi connectivity index (χ2n) is 6.46. The van der Waals surface area contributed by atoms with Crippen molar-refractivity contribution < 1.29 is 4.74 Å². The first-order valence-electron chi connectivity index (χ1n) is 8.97. The highest BCUT2D eigenvalue weighted by Crippen LogP contribution is 2.22. The van der Waals surface area contributed by atoms with Crippen LogP contribution >= 0.6 is 11.8 Å². The first-order valence-corrected chi connectivity index (χ1v) is 9.95. The van der Waals surface area contributed by atoms with E-state index in [2.05, 4.69) is 44.6 Å². The molecule has 0 saturated carbocycles. The summed E-state index contributed by atoms with van der Waals surface area (Å²) in [5.74, 6) is 3.46. The van der Waals surface area contributed by atoms with Crippen LogP contribution in [-0.4, -0.2) is 37.9 Å². The summed E-state index contributed by atoms with van der Waals surface area (Å²) >= 11 is 1.69. The summed E-state index contributed by atoms with van der Waals surface area (Å²) in [6, 6.07) is 10.6. The number of benzene rings is 1. The molecule has 8 heteroatoms. The molecule has 1 N–H and O–H groups in total. The third kappa shape index (κ3) is 4.64. The maximum absolute atomic E-state index is 5.12. The monoisotopic (exact) mass is 382 g/mol. The van der Waals surface area contributed by atoms with Crippen LogP contribution in [0.15, 0.2) is 47.8 Å². The average molecular weight is 382 g/mol. The Morgan fingerprint density at radius 3 is 2.96 bits per heavy atom. The van der Waals surface area contributed by atoms with Crippen LogP contribution in [0.1, 0.15) is 23.6 Å². The minimum Gasteiger partial charge on any atom is -0.377 e. The lowest BCUT2D eigenvalue weighted by molar-refractivity contribution is 0.177. The fraction of sp³-hybridized carbons (Fsp3) is 0.368. The van der Waals surface area contributed by atoms with Crippen LogP contribution in [0, 0.1) is 0 Å². The van der Waals surface area contributed by atoms with Crippen molar-refractivity contribution in [3.63, 3.8) is 0 Å². The number of hydrogen-bond donors (Lipinski definition) is 1. The van der Waals surface area contributed by atoms with E-state index < -0.39 is 0 Å². The maximum Gasteiger partial charge on any atom is 0.176 e. The Balaban J connectivity index is 1.36. The van der Waals surface area contributed by atoms with Crippen molar-refractivity contribution >= 4 is 17.6 Å². The zero-order chi connectivity index (χ0) is 18.5. The van der Waals surface area contributed by atoms with Crippen molar-refractivity contribution in [2.24, 2.45) is 0 Å². The minimum atomic E-state index is 0.262. The van der Waals surface area contributed by atoms with Crippen molar-refractivity contribution in [2.75, 3.05) is 12.4 Å². The van der Waals surface area contributed by atoms with Crippen molar-refractivity contribution in [3.8, 4) is 0 Å². The fourth-order valence-electron chi connectivity index (χ4n) is 3.10. The van der Waals surface area contributed by atoms with Crippen molar-refractivity contribution in [3.05, 3.63) is 59.9 Å². The number of ether oxygens (including phenoxy) is 1. The molecule has 0 spiro atoms. The number of nitrogens with zero attached hydrogens (tertiary/aromatic N) is 5. The third-order valence-electron chi connectivity index (χ3n) is 4.37. The van der Waals surface area contributed by atoms with E-state index in [0.717, 1.165) is 47.6 Å². The topological polar surface area (TPSA) is 77.8 Å². The normalized spacial score (nSPS) is 16.1. The number of hydrogen-bond acceptors (Lipinski definition) is 7. The minimum absolute atomic E-state index is 0.262. The number of aryl methyl sites for hydroxylation is 1. The Kier molecular flexibility index (Phi) is 5.64. The Bertz CT molecular complexity index is 885. The Morgan fingerprint density at radius 2 is 2.11 bits per heavy atom. The van der Waals surface area contributed by atoms with E-state index in [0.29, 0.717) is 6.61 Å². The molecule has 4 rings (SSSR count). The van der Waals surface area contributed by atoms with Gasteiger partial charge in [-0.1, -0.05) is 30.3 Å². The maximum atomic E-state index is 5.12. The molecule has 0 bridgehead atoms. The standard InChI is InChI=1S/C19H22N6OS/c1-26-12-17-22-18-8-7-15(11-25(18)24-17)21-16-9-20-10-19(23-16)27-13-14-5-3-2-4-6-14/h2-6,9-10,15H,7-8,11-13H2,1H3,(H,21,23). The molecule has 0 aliphatic carbocycles. The molecule has 140 valence electrons. The summed E-state index contributed by atoms with van der Waals surface area (Å²) in [6.07, 6.45) is 5.48. The molecule has 3 aromatic rings. The molecule has 1 aliphatic heterocycles. The van der Waals surface area contributed by atoms with Crippen LogP contribution < -0.4 is 5.32 Å². The van der Waals surface area contributed by atoms with Gasteiger partial charge in [0.1, 0.15) is 23.3 Å². The Labute approximate surface area is 162 Å². The summed E-state index contributed by atoms with van der Waals surface area (Å²) in [7, 11) is 1.66. The van der Waals surface area contributed by atoms with Crippen LogP contribution in [0.3, 0.4) is 0 Å². The lowest BCUT2D eigenvalue weighted by Crippen LogP contribution is -2.32. The zero-order valence-electron chi connectivity index (χ0n) is 15.2. The molecular weight excluding hydrogens is 360 g/mol. The highest BCUT2D eigenvalue weighted by Gasteiger charge is 2.22. The largest absolute Gasteiger partial charge is 0.377 e. The van der Waals surface area contributed by atoms with Gasteiger partial charge in [-0.3, -0.25) is 4.98 Å². The number of anilines is 1. The second-order valence-corrected chi connectivity index (χ2v) is 7.45. The first kappa shape index (κ1) is 17.9. The fourth-order valence-corrected chi connectivity index (χ4v) is 3.90. The molecule has 2 aromatic heterocycles. The van der Waals surface area contributed by atoms with Crippen molar-refractivity contribution in [2.45, 2.75) is 42.8 Å². The number of fused-ring (bicyclic) bond motifs is 1. The molecule has 1 aliphatic rings. The molecule has 1 unspecified atom stereocenters. The van der Waals surface area contributed by atoms with E-state index in [9.17, 15) is 0 Å². The number of methoxy groups -OCH3 is 1. The average Bonchev–Trinajstić information content (AvgIpc) is 3.09. The number of rotatable bonds is 7. The highest BCUT2D eigenvalue weighted by molar-refractivity contribution is 7.98. The molecule has 3 heterocycles. The lowest BCUT2D eigenvalue weighted by Gasteiger charge is -2.23. The van der Waals surface area contributed by atoms with E-state index in [1.54, 1.807) is 25.1 Å². The van der Waals surface area contributed by atoms with Gasteiger partial charge in [0.2, 0.25) is 0 Å². The van der Waals surface area contributed by atoms with Crippen LogP contribution in [0.25, 0.3) is 0 Å². The highest BCUT2D eigenvalue weighted by atomic mass is 32.2. The van der Waals surface area contributed by atoms with Gasteiger partial charge in [-0.25, -0.2) is 14.6 Å². The summed E-state index contributed by atoms with van der Waals surface area (Å²) in [5.41, 5.74) is 1.28. The van der Waals surface area contributed by atoms with E-state index in [4.69, 9.17) is 9.72 Å². The molecule has 0 saturated heterocycles. The van der Waals surface area contributed by atoms with Gasteiger partial charge >= 0.3 is 0 Å². The van der Waals surface area contributed by atoms with Crippen molar-refractivity contribution in [1.82, 2.24) is 24.7 Å². The molecule has 27 heavy (non-hydrogen) atoms. The van der Waals surface area contributed by atoms with Gasteiger partial charge in [0.15, 0.2) is 5.82 Å². The smallest absolute Gasteiger partial charge is 0.176 e. The molecule has 0 radical (unpaired) electrons. The van der Waals surface area contributed by atoms with Gasteiger partial charge in [-0.2, -0.15) is 5.10 Å². The number of aromatic nitrogens is 5. The van der Waals surface area contributed by atoms with Gasteiger partial charge in [-0.05, 0) is 12.0 Å². The molecule has 0 amide bonds. The van der Waals surface area contributed by atoms with Gasteiger partial charge in [0.25, 0.3) is 0 Å². The molecule has 7 nitrogen and oxygen atoms in total. The predicted octanol–water partition coefficient (Wildman–Crippen LogP) is 2.93. The van der Waals surface area contributed by atoms with Gasteiger partial charge in [0.05, 0.1) is 18.9 Å². The predicted molar refractivity (Wildman–Crippen MR) is 105 cm³/mol. The Morgan fingerprint density at radius 1 is 1.22 bits per heavy atom. The SMILES string of the molecule is COCc1nc2n(n1)CC(Nc1cncc(SCc3ccccc3)n1)CC2. The van der Waals surface area contributed by atoms with Crippen LogP contribution in [0.2, 0.25) is 0 Å². The van der Waals surface area contributed by atoms with Gasteiger partial charge in [-0.15, -0.1) is 11.8 Å². The van der Waals surface area contributed by atoms with E-state index >= 15 is 0 Å². The summed E-state index contributed by atoms with van der Waals surface area (Å²) in [5, 5.41) is 8.93. The van der Waals surface area contributed by atoms with Crippen LogP contribution in [0.5, 0.6) is 0 Å². The van der Waals surface area contributed by atoms with E-state index in [1.807, 2.05) is 16.9 Å².